The van der Waals surface area contributed by atoms with E-state index < -0.39 is 11.6 Å². The molecule has 0 N–H and O–H groups in total. The Morgan fingerprint density at radius 1 is 1.30 bits per heavy atom. The molecule has 1 aliphatic heterocycles. The van der Waals surface area contributed by atoms with Crippen molar-refractivity contribution in [1.29, 1.82) is 0 Å². The summed E-state index contributed by atoms with van der Waals surface area (Å²) in [6, 6.07) is 3.90. The molecule has 2 rings (SSSR count). The third-order valence-corrected chi connectivity index (χ3v) is 7.15. The Kier molecular flexibility index (Phi) is 8.48. The summed E-state index contributed by atoms with van der Waals surface area (Å²) in [5.74, 6) is -0.0947. The van der Waals surface area contributed by atoms with Crippen molar-refractivity contribution in [3.8, 4) is 0 Å². The molecule has 1 aromatic rings. The number of thioether (sulfide) groups is 1. The van der Waals surface area contributed by atoms with Gasteiger partial charge in [0.15, 0.2) is 0 Å². The summed E-state index contributed by atoms with van der Waals surface area (Å²) in [7, 11) is 0. The van der Waals surface area contributed by atoms with Gasteiger partial charge in [0.2, 0.25) is 0 Å². The highest BCUT2D eigenvalue weighted by Gasteiger charge is 2.23. The van der Waals surface area contributed by atoms with Gasteiger partial charge in [-0.3, -0.25) is 4.79 Å². The number of nitrogens with zero attached hydrogens (tertiary/aromatic N) is 2. The van der Waals surface area contributed by atoms with E-state index >= 15 is 0 Å². The lowest BCUT2D eigenvalue weighted by molar-refractivity contribution is -0.147. The van der Waals surface area contributed by atoms with Gasteiger partial charge in [-0.1, -0.05) is 48.3 Å². The van der Waals surface area contributed by atoms with Crippen LogP contribution in [0.25, 0.3) is 6.08 Å². The van der Waals surface area contributed by atoms with Gasteiger partial charge in [0.05, 0.1) is 0 Å². The summed E-state index contributed by atoms with van der Waals surface area (Å²) in [5.41, 5.74) is 2.13. The molecule has 1 aliphatic rings. The highest BCUT2D eigenvalue weighted by atomic mass is 79.9. The van der Waals surface area contributed by atoms with Crippen molar-refractivity contribution in [2.75, 3.05) is 5.33 Å². The lowest BCUT2D eigenvalue weighted by atomic mass is 9.83. The van der Waals surface area contributed by atoms with E-state index in [9.17, 15) is 9.59 Å². The fraction of sp³-hybridized carbons (Fsp3) is 0.455. The zero-order valence-electron chi connectivity index (χ0n) is 17.7. The summed E-state index contributed by atoms with van der Waals surface area (Å²) >= 11 is 11.3. The van der Waals surface area contributed by atoms with Crippen LogP contribution < -0.4 is 0 Å². The average molecular weight is 514 g/mol. The Hall–Kier alpha value is -1.44. The highest BCUT2D eigenvalue weighted by molar-refractivity contribution is 9.09. The summed E-state index contributed by atoms with van der Waals surface area (Å²) in [5, 5.41) is 7.97. The van der Waals surface area contributed by atoms with Crippen LogP contribution in [0.5, 0.6) is 0 Å². The minimum absolute atomic E-state index is 0.132. The number of hydrogen-bond acceptors (Lipinski definition) is 5. The number of carbonyl (C=O) groups is 2. The van der Waals surface area contributed by atoms with Crippen LogP contribution >= 0.6 is 39.3 Å². The van der Waals surface area contributed by atoms with E-state index in [2.05, 4.69) is 46.9 Å². The van der Waals surface area contributed by atoms with Crippen molar-refractivity contribution in [1.82, 2.24) is 0 Å². The Morgan fingerprint density at radius 3 is 2.60 bits per heavy atom. The van der Waals surface area contributed by atoms with Gasteiger partial charge in [0.25, 0.3) is 5.91 Å². The quantitative estimate of drug-likeness (QED) is 0.238. The standard InChI is InChI=1S/C22H26BrClN2O3S/c1-21(2,3)16-11-17(24)14(6-7-19(27)29-22(4,5)13-23)10-15(16)12-30-18-8-9-25-26-20(18)28/h6-11,18H,12-13H2,1-5H3/b7-6+. The normalized spacial score (nSPS) is 17.0. The van der Waals surface area contributed by atoms with Crippen molar-refractivity contribution < 1.29 is 14.3 Å². The predicted molar refractivity (Wildman–Crippen MR) is 127 cm³/mol. The molecule has 1 amide bonds. The first kappa shape index (κ1) is 24.8. The topological polar surface area (TPSA) is 68.1 Å². The summed E-state index contributed by atoms with van der Waals surface area (Å²) < 4.78 is 5.41. The van der Waals surface area contributed by atoms with E-state index in [0.717, 1.165) is 16.7 Å². The zero-order chi connectivity index (χ0) is 22.5. The van der Waals surface area contributed by atoms with Crippen molar-refractivity contribution in [3.63, 3.8) is 0 Å². The molecule has 5 nitrogen and oxygen atoms in total. The lowest BCUT2D eigenvalue weighted by Crippen LogP contribution is -2.28. The molecule has 0 fully saturated rings. The molecule has 0 saturated carbocycles. The third-order valence-electron chi connectivity index (χ3n) is 4.27. The predicted octanol–water partition coefficient (Wildman–Crippen LogP) is 6.48. The molecule has 0 aliphatic carbocycles. The molecule has 0 aromatic heterocycles. The number of azo groups is 1. The molecule has 1 unspecified atom stereocenters. The fourth-order valence-electron chi connectivity index (χ4n) is 2.73. The number of hydrogen-bond donors (Lipinski definition) is 0. The zero-order valence-corrected chi connectivity index (χ0v) is 20.9. The second kappa shape index (κ2) is 10.2. The number of amides is 1. The number of benzene rings is 1. The number of alkyl halides is 1. The number of carbonyl (C=O) groups excluding carboxylic acids is 2. The monoisotopic (exact) mass is 512 g/mol. The average Bonchev–Trinajstić information content (AvgIpc) is 2.65. The van der Waals surface area contributed by atoms with Crippen LogP contribution in [0.2, 0.25) is 5.02 Å². The first-order chi connectivity index (χ1) is 13.9. The second-order valence-corrected chi connectivity index (χ2v) is 10.7. The summed E-state index contributed by atoms with van der Waals surface area (Å²) in [4.78, 5) is 24.1. The van der Waals surface area contributed by atoms with Crippen LogP contribution in [-0.2, 0) is 25.5 Å². The minimum atomic E-state index is -0.597. The van der Waals surface area contributed by atoms with E-state index in [0.29, 0.717) is 16.1 Å². The lowest BCUT2D eigenvalue weighted by Gasteiger charge is -2.25. The van der Waals surface area contributed by atoms with Crippen molar-refractivity contribution in [2.24, 2.45) is 10.2 Å². The van der Waals surface area contributed by atoms with Crippen LogP contribution in [0.4, 0.5) is 0 Å². The largest absolute Gasteiger partial charge is 0.456 e. The molecule has 0 bridgehead atoms. The van der Waals surface area contributed by atoms with Crippen LogP contribution in [0.1, 0.15) is 51.3 Å². The molecule has 1 atom stereocenters. The van der Waals surface area contributed by atoms with Gasteiger partial charge >= 0.3 is 5.97 Å². The molecular weight excluding hydrogens is 488 g/mol. The molecule has 1 heterocycles. The first-order valence-corrected chi connectivity index (χ1v) is 12.0. The molecule has 30 heavy (non-hydrogen) atoms. The maximum atomic E-state index is 12.1. The molecule has 0 radical (unpaired) electrons. The van der Waals surface area contributed by atoms with Gasteiger partial charge in [-0.15, -0.1) is 16.9 Å². The Labute approximate surface area is 195 Å². The number of esters is 1. The van der Waals surface area contributed by atoms with Crippen LogP contribution in [-0.4, -0.2) is 28.1 Å². The second-order valence-electron chi connectivity index (χ2n) is 8.56. The fourth-order valence-corrected chi connectivity index (χ4v) is 4.04. The van der Waals surface area contributed by atoms with E-state index in [4.69, 9.17) is 16.3 Å². The Bertz CT molecular complexity index is 904. The molecule has 8 heteroatoms. The Balaban J connectivity index is 2.27. The molecule has 162 valence electrons. The molecule has 0 spiro atoms. The van der Waals surface area contributed by atoms with Crippen LogP contribution in [0.3, 0.4) is 0 Å². The van der Waals surface area contributed by atoms with Crippen molar-refractivity contribution in [2.45, 2.75) is 56.6 Å². The molecule has 0 saturated heterocycles. The van der Waals surface area contributed by atoms with Gasteiger partial charge in [-0.25, -0.2) is 4.79 Å². The number of ether oxygens (including phenoxy) is 1. The molecular formula is C22H26BrClN2O3S. The van der Waals surface area contributed by atoms with E-state index in [1.54, 1.807) is 18.4 Å². The number of halogens is 2. The van der Waals surface area contributed by atoms with E-state index in [1.807, 2.05) is 26.0 Å². The highest BCUT2D eigenvalue weighted by Crippen LogP contribution is 2.35. The van der Waals surface area contributed by atoms with Gasteiger partial charge in [0, 0.05) is 28.4 Å². The van der Waals surface area contributed by atoms with Crippen molar-refractivity contribution >= 4 is 57.2 Å². The maximum Gasteiger partial charge on any atom is 0.331 e. The first-order valence-electron chi connectivity index (χ1n) is 9.46. The smallest absolute Gasteiger partial charge is 0.331 e. The number of rotatable bonds is 7. The maximum absolute atomic E-state index is 12.1. The van der Waals surface area contributed by atoms with Gasteiger partial charge in [-0.05, 0) is 60.2 Å². The van der Waals surface area contributed by atoms with Crippen LogP contribution in [0, 0.1) is 0 Å². The van der Waals surface area contributed by atoms with Gasteiger partial charge in [-0.2, -0.15) is 5.11 Å². The van der Waals surface area contributed by atoms with E-state index in [-0.39, 0.29) is 16.6 Å². The summed E-state index contributed by atoms with van der Waals surface area (Å²) in [6.07, 6.45) is 6.33. The van der Waals surface area contributed by atoms with Gasteiger partial charge < -0.3 is 4.74 Å². The van der Waals surface area contributed by atoms with E-state index in [1.165, 1.54) is 17.8 Å². The third kappa shape index (κ3) is 7.06. The van der Waals surface area contributed by atoms with Crippen LogP contribution in [0.15, 0.2) is 40.7 Å². The van der Waals surface area contributed by atoms with Crippen molar-refractivity contribution in [3.05, 3.63) is 52.2 Å². The summed E-state index contributed by atoms with van der Waals surface area (Å²) in [6.45, 7) is 9.99. The SMILES string of the molecule is CC(C)(CBr)OC(=O)/C=C/c1cc(CSC2C=CN=NC2=O)c(C(C)(C)C)cc1Cl. The van der Waals surface area contributed by atoms with Gasteiger partial charge in [0.1, 0.15) is 10.9 Å². The molecule has 1 aromatic carbocycles. The minimum Gasteiger partial charge on any atom is -0.456 e. The Morgan fingerprint density at radius 2 is 2.00 bits per heavy atom.